The van der Waals surface area contributed by atoms with Crippen LogP contribution >= 0.6 is 11.8 Å². The number of amides is 1. The average Bonchev–Trinajstić information content (AvgIpc) is 3.31. The van der Waals surface area contributed by atoms with Gasteiger partial charge in [-0.05, 0) is 60.3 Å². The first kappa shape index (κ1) is 18.5. The van der Waals surface area contributed by atoms with Crippen LogP contribution in [0.4, 0.5) is 11.4 Å². The number of non-ortho nitro benzene ring substituents is 1. The van der Waals surface area contributed by atoms with Crippen molar-refractivity contribution in [3.05, 3.63) is 81.4 Å². The number of phenols is 1. The Morgan fingerprint density at radius 3 is 2.48 bits per heavy atom. The lowest BCUT2D eigenvalue weighted by Gasteiger charge is -1.97. The average molecular weight is 407 g/mol. The molecule has 9 heteroatoms. The maximum absolute atomic E-state index is 12.2. The third-order valence-electron chi connectivity index (χ3n) is 3.99. The standard InChI is InChI=1S/C20H13N3O5S/c24-15-7-3-13(4-8-15)21-20-22-19(25)18(29-20)11-16-9-10-17(28-16)12-1-5-14(6-2-12)23(26)27/h1-11,24H,(H,21,22,25). The Hall–Kier alpha value is -3.85. The second-order valence-electron chi connectivity index (χ2n) is 6.00. The number of hydrogen-bond acceptors (Lipinski definition) is 7. The molecule has 0 saturated carbocycles. The highest BCUT2D eigenvalue weighted by molar-refractivity contribution is 8.18. The Kier molecular flexibility index (Phi) is 4.88. The van der Waals surface area contributed by atoms with Gasteiger partial charge in [-0.2, -0.15) is 0 Å². The first-order valence-electron chi connectivity index (χ1n) is 8.41. The van der Waals surface area contributed by atoms with E-state index in [1.807, 2.05) is 0 Å². The fourth-order valence-corrected chi connectivity index (χ4v) is 3.41. The van der Waals surface area contributed by atoms with Crippen molar-refractivity contribution in [2.75, 3.05) is 0 Å². The first-order valence-corrected chi connectivity index (χ1v) is 9.23. The van der Waals surface area contributed by atoms with Gasteiger partial charge in [-0.25, -0.2) is 4.99 Å². The summed E-state index contributed by atoms with van der Waals surface area (Å²) in [6, 6.07) is 15.8. The maximum atomic E-state index is 12.2. The van der Waals surface area contributed by atoms with Crippen molar-refractivity contribution in [1.82, 2.24) is 5.32 Å². The van der Waals surface area contributed by atoms with E-state index in [1.165, 1.54) is 36.0 Å². The molecule has 1 fully saturated rings. The van der Waals surface area contributed by atoms with Crippen molar-refractivity contribution >= 4 is 40.3 Å². The third-order valence-corrected chi connectivity index (χ3v) is 4.90. The van der Waals surface area contributed by atoms with Crippen molar-refractivity contribution in [2.45, 2.75) is 0 Å². The van der Waals surface area contributed by atoms with Crippen molar-refractivity contribution in [3.63, 3.8) is 0 Å². The van der Waals surface area contributed by atoms with Crippen molar-refractivity contribution < 1.29 is 19.2 Å². The van der Waals surface area contributed by atoms with Crippen LogP contribution in [0.3, 0.4) is 0 Å². The zero-order valence-corrected chi connectivity index (χ0v) is 15.6. The Morgan fingerprint density at radius 1 is 1.07 bits per heavy atom. The molecule has 2 aromatic carbocycles. The van der Waals surface area contributed by atoms with Gasteiger partial charge in [0.25, 0.3) is 11.6 Å². The second-order valence-corrected chi connectivity index (χ2v) is 7.03. The molecule has 1 amide bonds. The molecule has 29 heavy (non-hydrogen) atoms. The van der Waals surface area contributed by atoms with E-state index in [4.69, 9.17) is 4.42 Å². The Morgan fingerprint density at radius 2 is 1.79 bits per heavy atom. The third kappa shape index (κ3) is 4.19. The molecule has 2 N–H and O–H groups in total. The number of benzene rings is 2. The van der Waals surface area contributed by atoms with Gasteiger partial charge in [0.1, 0.15) is 17.3 Å². The Bertz CT molecular complexity index is 1150. The minimum absolute atomic E-state index is 0.00196. The number of aliphatic imine (C=N–C) groups is 1. The summed E-state index contributed by atoms with van der Waals surface area (Å²) in [5, 5.41) is 23.2. The van der Waals surface area contributed by atoms with Crippen molar-refractivity contribution in [2.24, 2.45) is 4.99 Å². The molecule has 0 atom stereocenters. The van der Waals surface area contributed by atoms with Crippen LogP contribution in [0.5, 0.6) is 5.75 Å². The molecule has 4 rings (SSSR count). The molecular weight excluding hydrogens is 394 g/mol. The lowest BCUT2D eigenvalue weighted by atomic mass is 10.1. The molecule has 1 aliphatic heterocycles. The number of furan rings is 1. The van der Waals surface area contributed by atoms with Crippen LogP contribution in [0.15, 0.2) is 75.0 Å². The van der Waals surface area contributed by atoms with Crippen LogP contribution in [0.25, 0.3) is 17.4 Å². The molecular formula is C20H13N3O5S. The highest BCUT2D eigenvalue weighted by atomic mass is 32.2. The fraction of sp³-hybridized carbons (Fsp3) is 0. The zero-order chi connectivity index (χ0) is 20.4. The van der Waals surface area contributed by atoms with Gasteiger partial charge in [0.15, 0.2) is 5.17 Å². The Balaban J connectivity index is 1.52. The van der Waals surface area contributed by atoms with Crippen molar-refractivity contribution in [1.29, 1.82) is 0 Å². The molecule has 0 unspecified atom stereocenters. The molecule has 1 aromatic heterocycles. The van der Waals surface area contributed by atoms with Crippen LogP contribution < -0.4 is 5.32 Å². The number of carbonyl (C=O) groups is 1. The molecule has 144 valence electrons. The SMILES string of the molecule is O=C1NC(=Nc2ccc(O)cc2)SC1=Cc1ccc(-c2ccc([N+](=O)[O-])cc2)o1. The smallest absolute Gasteiger partial charge is 0.269 e. The second kappa shape index (κ2) is 7.64. The van der Waals surface area contributed by atoms with Crippen LogP contribution in [0.1, 0.15) is 5.76 Å². The highest BCUT2D eigenvalue weighted by Crippen LogP contribution is 2.30. The molecule has 0 bridgehead atoms. The van der Waals surface area contributed by atoms with Crippen LogP contribution in [-0.4, -0.2) is 21.1 Å². The van der Waals surface area contributed by atoms with Crippen LogP contribution in [-0.2, 0) is 4.79 Å². The summed E-state index contributed by atoms with van der Waals surface area (Å²) in [7, 11) is 0. The summed E-state index contributed by atoms with van der Waals surface area (Å²) in [6.45, 7) is 0. The number of nitrogens with one attached hydrogen (secondary N) is 1. The normalized spacial score (nSPS) is 16.3. The van der Waals surface area contributed by atoms with Crippen LogP contribution in [0.2, 0.25) is 0 Å². The van der Waals surface area contributed by atoms with Crippen LogP contribution in [0, 0.1) is 10.1 Å². The van der Waals surface area contributed by atoms with Gasteiger partial charge < -0.3 is 14.8 Å². The van der Waals surface area contributed by atoms with E-state index in [0.717, 1.165) is 0 Å². The summed E-state index contributed by atoms with van der Waals surface area (Å²) in [5.41, 5.74) is 1.30. The van der Waals surface area contributed by atoms with E-state index in [0.29, 0.717) is 32.8 Å². The number of nitro benzene ring substituents is 1. The number of nitrogens with zero attached hydrogens (tertiary/aromatic N) is 2. The number of phenolic OH excluding ortho intramolecular Hbond substituents is 1. The van der Waals surface area contributed by atoms with Gasteiger partial charge in [-0.3, -0.25) is 14.9 Å². The monoisotopic (exact) mass is 407 g/mol. The minimum atomic E-state index is -0.463. The van der Waals surface area contributed by atoms with E-state index in [9.17, 15) is 20.0 Å². The van der Waals surface area contributed by atoms with Gasteiger partial charge in [0.05, 0.1) is 15.5 Å². The number of aromatic hydroxyl groups is 1. The quantitative estimate of drug-likeness (QED) is 0.375. The summed E-state index contributed by atoms with van der Waals surface area (Å²) < 4.78 is 5.74. The van der Waals surface area contributed by atoms with Gasteiger partial charge in [-0.1, -0.05) is 0 Å². The predicted octanol–water partition coefficient (Wildman–Crippen LogP) is 4.45. The van der Waals surface area contributed by atoms with E-state index in [-0.39, 0.29) is 17.3 Å². The van der Waals surface area contributed by atoms with Gasteiger partial charge >= 0.3 is 0 Å². The number of thioether (sulfide) groups is 1. The molecule has 2 heterocycles. The van der Waals surface area contributed by atoms with E-state index in [1.54, 1.807) is 42.5 Å². The molecule has 0 aliphatic carbocycles. The highest BCUT2D eigenvalue weighted by Gasteiger charge is 2.24. The molecule has 3 aromatic rings. The molecule has 1 aliphatic rings. The number of rotatable bonds is 4. The summed E-state index contributed by atoms with van der Waals surface area (Å²) >= 11 is 1.18. The van der Waals surface area contributed by atoms with E-state index < -0.39 is 4.92 Å². The lowest BCUT2D eigenvalue weighted by Crippen LogP contribution is -2.19. The topological polar surface area (TPSA) is 118 Å². The van der Waals surface area contributed by atoms with E-state index in [2.05, 4.69) is 10.3 Å². The number of hydrogen-bond donors (Lipinski definition) is 2. The summed E-state index contributed by atoms with van der Waals surface area (Å²) in [4.78, 5) is 27.2. The van der Waals surface area contributed by atoms with E-state index >= 15 is 0 Å². The molecule has 0 spiro atoms. The fourth-order valence-electron chi connectivity index (χ4n) is 2.59. The molecule has 8 nitrogen and oxygen atoms in total. The van der Waals surface area contributed by atoms with Gasteiger partial charge in [0.2, 0.25) is 0 Å². The largest absolute Gasteiger partial charge is 0.508 e. The lowest BCUT2D eigenvalue weighted by molar-refractivity contribution is -0.384. The predicted molar refractivity (Wildman–Crippen MR) is 110 cm³/mol. The van der Waals surface area contributed by atoms with Gasteiger partial charge in [-0.15, -0.1) is 0 Å². The minimum Gasteiger partial charge on any atom is -0.508 e. The van der Waals surface area contributed by atoms with Gasteiger partial charge in [0, 0.05) is 23.8 Å². The van der Waals surface area contributed by atoms with Crippen molar-refractivity contribution in [3.8, 4) is 17.1 Å². The number of amidine groups is 1. The molecule has 0 radical (unpaired) electrons. The maximum Gasteiger partial charge on any atom is 0.269 e. The summed E-state index contributed by atoms with van der Waals surface area (Å²) in [6.07, 6.45) is 1.61. The number of carbonyl (C=O) groups excluding carboxylic acids is 1. The first-order chi connectivity index (χ1) is 14.0. The number of nitro groups is 1. The summed E-state index contributed by atoms with van der Waals surface area (Å²) in [5.74, 6) is 0.857. The zero-order valence-electron chi connectivity index (χ0n) is 14.7. The Labute approximate surface area is 168 Å². The molecule has 1 saturated heterocycles.